The predicted octanol–water partition coefficient (Wildman–Crippen LogP) is 5.75. The van der Waals surface area contributed by atoms with Crippen LogP contribution in [0.4, 0.5) is 15.8 Å². The molecule has 3 aromatic rings. The fraction of sp³-hybridized carbons (Fsp3) is 0.231. The van der Waals surface area contributed by atoms with Gasteiger partial charge in [0.25, 0.3) is 5.91 Å². The molecule has 0 bridgehead atoms. The highest BCUT2D eigenvalue weighted by atomic mass is 19.1. The molecular weight excluding hydrogens is 391 g/mol. The zero-order valence-electron chi connectivity index (χ0n) is 17.7. The molecule has 2 atom stereocenters. The molecule has 2 unspecified atom stereocenters. The first-order valence-corrected chi connectivity index (χ1v) is 10.6. The molecule has 31 heavy (non-hydrogen) atoms. The maximum Gasteiger partial charge on any atom is 0.258 e. The largest absolute Gasteiger partial charge is 0.309 e. The fourth-order valence-electron chi connectivity index (χ4n) is 4.36. The zero-order chi connectivity index (χ0) is 22.0. The maximum absolute atomic E-state index is 14.9. The monoisotopic (exact) mass is 416 g/mol. The van der Waals surface area contributed by atoms with E-state index in [4.69, 9.17) is 0 Å². The molecule has 1 aliphatic rings. The third kappa shape index (κ3) is 3.83. The van der Waals surface area contributed by atoms with Crippen LogP contribution in [0.3, 0.4) is 0 Å². The van der Waals surface area contributed by atoms with E-state index >= 15 is 0 Å². The maximum atomic E-state index is 14.9. The predicted molar refractivity (Wildman–Crippen MR) is 121 cm³/mol. The summed E-state index contributed by atoms with van der Waals surface area (Å²) in [4.78, 5) is 29.7. The molecule has 1 aliphatic heterocycles. The lowest BCUT2D eigenvalue weighted by atomic mass is 9.89. The molecule has 0 fully saturated rings. The van der Waals surface area contributed by atoms with E-state index in [9.17, 15) is 14.0 Å². The molecule has 3 aromatic carbocycles. The van der Waals surface area contributed by atoms with E-state index in [0.717, 1.165) is 11.3 Å². The van der Waals surface area contributed by atoms with E-state index in [0.29, 0.717) is 18.4 Å². The number of halogens is 1. The Morgan fingerprint density at radius 2 is 1.61 bits per heavy atom. The van der Waals surface area contributed by atoms with Crippen molar-refractivity contribution in [1.82, 2.24) is 0 Å². The number of carbonyl (C=O) groups is 2. The molecule has 5 heteroatoms. The molecule has 0 aromatic heterocycles. The minimum atomic E-state index is -0.455. The van der Waals surface area contributed by atoms with E-state index in [1.54, 1.807) is 52.3 Å². The Morgan fingerprint density at radius 3 is 2.32 bits per heavy atom. The standard InChI is InChI=1S/C26H25FN2O2/c1-3-25(30)28-18(2)17-24(20-13-7-9-15-22(20)28)29(23-16-10-8-14-21(23)27)26(31)19-11-5-4-6-12-19/h4-16,18,24H,3,17H2,1-2H3. The molecule has 2 amide bonds. The van der Waals surface area contributed by atoms with Gasteiger partial charge in [-0.1, -0.05) is 55.5 Å². The van der Waals surface area contributed by atoms with Gasteiger partial charge in [0.2, 0.25) is 5.91 Å². The van der Waals surface area contributed by atoms with Crippen molar-refractivity contribution in [3.05, 3.63) is 95.8 Å². The van der Waals surface area contributed by atoms with Crippen LogP contribution in [0.25, 0.3) is 0 Å². The lowest BCUT2D eigenvalue weighted by molar-refractivity contribution is -0.118. The molecule has 0 spiro atoms. The van der Waals surface area contributed by atoms with E-state index in [1.807, 2.05) is 44.2 Å². The van der Waals surface area contributed by atoms with E-state index < -0.39 is 11.9 Å². The third-order valence-corrected chi connectivity index (χ3v) is 5.79. The van der Waals surface area contributed by atoms with Gasteiger partial charge in [-0.2, -0.15) is 0 Å². The van der Waals surface area contributed by atoms with Crippen LogP contribution in [-0.4, -0.2) is 17.9 Å². The van der Waals surface area contributed by atoms with Crippen LogP contribution in [0.2, 0.25) is 0 Å². The van der Waals surface area contributed by atoms with Crippen molar-refractivity contribution in [2.75, 3.05) is 9.80 Å². The lowest BCUT2D eigenvalue weighted by Crippen LogP contribution is -2.47. The number of hydrogen-bond donors (Lipinski definition) is 0. The summed E-state index contributed by atoms with van der Waals surface area (Å²) >= 11 is 0. The number of fused-ring (bicyclic) bond motifs is 1. The van der Waals surface area contributed by atoms with Crippen LogP contribution >= 0.6 is 0 Å². The van der Waals surface area contributed by atoms with Crippen LogP contribution in [0.5, 0.6) is 0 Å². The van der Waals surface area contributed by atoms with Crippen LogP contribution in [0.1, 0.15) is 48.7 Å². The summed E-state index contributed by atoms with van der Waals surface area (Å²) in [7, 11) is 0. The molecule has 0 N–H and O–H groups in total. The molecule has 4 nitrogen and oxygen atoms in total. The summed E-state index contributed by atoms with van der Waals surface area (Å²) in [6.45, 7) is 3.82. The van der Waals surface area contributed by atoms with Gasteiger partial charge in [-0.15, -0.1) is 0 Å². The summed E-state index contributed by atoms with van der Waals surface area (Å²) < 4.78 is 14.9. The summed E-state index contributed by atoms with van der Waals surface area (Å²) in [5, 5.41) is 0. The molecule has 0 radical (unpaired) electrons. The highest BCUT2D eigenvalue weighted by Crippen LogP contribution is 2.43. The smallest absolute Gasteiger partial charge is 0.258 e. The van der Waals surface area contributed by atoms with Gasteiger partial charge < -0.3 is 4.90 Å². The van der Waals surface area contributed by atoms with Gasteiger partial charge >= 0.3 is 0 Å². The van der Waals surface area contributed by atoms with Gasteiger partial charge in [0.05, 0.1) is 11.7 Å². The molecule has 4 rings (SSSR count). The van der Waals surface area contributed by atoms with Crippen molar-refractivity contribution < 1.29 is 14.0 Å². The fourth-order valence-corrected chi connectivity index (χ4v) is 4.36. The van der Waals surface area contributed by atoms with E-state index in [1.165, 1.54) is 6.07 Å². The first-order chi connectivity index (χ1) is 15.0. The number of hydrogen-bond acceptors (Lipinski definition) is 2. The SMILES string of the molecule is CCC(=O)N1c2ccccc2C(N(C(=O)c2ccccc2)c2ccccc2F)CC1C. The second-order valence-corrected chi connectivity index (χ2v) is 7.77. The number of rotatable bonds is 4. The minimum Gasteiger partial charge on any atom is -0.309 e. The number of carbonyl (C=O) groups excluding carboxylic acids is 2. The molecule has 1 heterocycles. The van der Waals surface area contributed by atoms with Crippen molar-refractivity contribution >= 4 is 23.2 Å². The quantitative estimate of drug-likeness (QED) is 0.543. The van der Waals surface area contributed by atoms with Crippen LogP contribution in [-0.2, 0) is 4.79 Å². The van der Waals surface area contributed by atoms with Gasteiger partial charge in [0.15, 0.2) is 0 Å². The average molecular weight is 416 g/mol. The van der Waals surface area contributed by atoms with Gasteiger partial charge in [-0.3, -0.25) is 14.5 Å². The number of nitrogens with zero attached hydrogens (tertiary/aromatic N) is 2. The van der Waals surface area contributed by atoms with Crippen LogP contribution in [0, 0.1) is 5.82 Å². The summed E-state index contributed by atoms with van der Waals surface area (Å²) in [6, 6.07) is 22.3. The average Bonchev–Trinajstić information content (AvgIpc) is 2.80. The van der Waals surface area contributed by atoms with Gasteiger partial charge in [0, 0.05) is 23.7 Å². The summed E-state index contributed by atoms with van der Waals surface area (Å²) in [5.41, 5.74) is 2.34. The Bertz CT molecular complexity index is 1100. The van der Waals surface area contributed by atoms with Crippen molar-refractivity contribution in [3.8, 4) is 0 Å². The molecule has 158 valence electrons. The van der Waals surface area contributed by atoms with Crippen LogP contribution in [0.15, 0.2) is 78.9 Å². The van der Waals surface area contributed by atoms with E-state index in [2.05, 4.69) is 0 Å². The molecular formula is C26H25FN2O2. The van der Waals surface area contributed by atoms with Crippen molar-refractivity contribution in [2.24, 2.45) is 0 Å². The second-order valence-electron chi connectivity index (χ2n) is 7.77. The first-order valence-electron chi connectivity index (χ1n) is 10.6. The summed E-state index contributed by atoms with van der Waals surface area (Å²) in [6.07, 6.45) is 0.902. The van der Waals surface area contributed by atoms with Crippen LogP contribution < -0.4 is 9.80 Å². The van der Waals surface area contributed by atoms with Gasteiger partial charge in [-0.25, -0.2) is 4.39 Å². The Labute approximate surface area is 181 Å². The first kappa shape index (κ1) is 20.8. The lowest BCUT2D eigenvalue weighted by Gasteiger charge is -2.43. The molecule has 0 saturated heterocycles. The number of amides is 2. The highest BCUT2D eigenvalue weighted by molar-refractivity contribution is 6.07. The Morgan fingerprint density at radius 1 is 0.968 bits per heavy atom. The molecule has 0 saturated carbocycles. The third-order valence-electron chi connectivity index (χ3n) is 5.79. The highest BCUT2D eigenvalue weighted by Gasteiger charge is 2.39. The Hall–Kier alpha value is -3.47. The zero-order valence-corrected chi connectivity index (χ0v) is 17.7. The molecule has 0 aliphatic carbocycles. The summed E-state index contributed by atoms with van der Waals surface area (Å²) in [5.74, 6) is -0.692. The van der Waals surface area contributed by atoms with Crippen molar-refractivity contribution in [3.63, 3.8) is 0 Å². The Kier molecular flexibility index (Phi) is 5.85. The normalized spacial score (nSPS) is 17.7. The number of benzene rings is 3. The van der Waals surface area contributed by atoms with Gasteiger partial charge in [0.1, 0.15) is 5.82 Å². The van der Waals surface area contributed by atoms with Crippen molar-refractivity contribution in [1.29, 1.82) is 0 Å². The number of para-hydroxylation sites is 2. The minimum absolute atomic E-state index is 0.0326. The van der Waals surface area contributed by atoms with E-state index in [-0.39, 0.29) is 23.5 Å². The number of anilines is 2. The second kappa shape index (κ2) is 8.72. The van der Waals surface area contributed by atoms with Crippen molar-refractivity contribution in [2.45, 2.75) is 38.8 Å². The van der Waals surface area contributed by atoms with Gasteiger partial charge in [-0.05, 0) is 49.2 Å². The topological polar surface area (TPSA) is 40.6 Å². The Balaban J connectivity index is 1.88.